The Hall–Kier alpha value is -1.40. The lowest BCUT2D eigenvalue weighted by molar-refractivity contribution is -0.154. The minimum atomic E-state index is -3.57. The van der Waals surface area contributed by atoms with E-state index in [-0.39, 0.29) is 23.3 Å². The van der Waals surface area contributed by atoms with Gasteiger partial charge in [0.15, 0.2) is 0 Å². The van der Waals surface area contributed by atoms with Crippen LogP contribution in [0.25, 0.3) is 0 Å². The molecule has 1 aromatic rings. The summed E-state index contributed by atoms with van der Waals surface area (Å²) in [5, 5.41) is 0. The molecule has 5 nitrogen and oxygen atoms in total. The number of nitrogens with one attached hydrogen (secondary N) is 1. The van der Waals surface area contributed by atoms with Crippen LogP contribution in [-0.4, -0.2) is 26.5 Å². The van der Waals surface area contributed by atoms with Gasteiger partial charge in [0, 0.05) is 6.42 Å². The predicted octanol–water partition coefficient (Wildman–Crippen LogP) is 1.37. The van der Waals surface area contributed by atoms with Crippen molar-refractivity contribution in [3.05, 3.63) is 29.8 Å². The van der Waals surface area contributed by atoms with Crippen LogP contribution in [0.1, 0.15) is 25.3 Å². The van der Waals surface area contributed by atoms with Crippen molar-refractivity contribution in [2.24, 2.45) is 0 Å². The predicted molar refractivity (Wildman–Crippen MR) is 70.1 cm³/mol. The Morgan fingerprint density at radius 1 is 1.26 bits per heavy atom. The Kier molecular flexibility index (Phi) is 3.91. The summed E-state index contributed by atoms with van der Waals surface area (Å²) in [6.45, 7) is 3.59. The number of carbonyl (C=O) groups excluding carboxylic acids is 1. The van der Waals surface area contributed by atoms with Crippen molar-refractivity contribution in [3.8, 4) is 0 Å². The average molecular weight is 283 g/mol. The monoisotopic (exact) mass is 283 g/mol. The van der Waals surface area contributed by atoms with E-state index in [0.717, 1.165) is 5.56 Å². The Bertz CT molecular complexity index is 565. The second-order valence-corrected chi connectivity index (χ2v) is 6.49. The van der Waals surface area contributed by atoms with Crippen molar-refractivity contribution < 1.29 is 17.9 Å². The maximum Gasteiger partial charge on any atom is 0.306 e. The molecule has 0 spiro atoms. The van der Waals surface area contributed by atoms with E-state index in [1.807, 2.05) is 6.92 Å². The Balaban J connectivity index is 2.13. The topological polar surface area (TPSA) is 72.5 Å². The standard InChI is InChI=1S/C13H17NO4S/c1-9-3-5-11(6-4-9)19(16,17)14-12-7-8-13(15)18-10(12)2/h3-6,10,12,14H,7-8H2,1-2H3/t10-,12-/m1/s1. The highest BCUT2D eigenvalue weighted by Crippen LogP contribution is 2.18. The minimum Gasteiger partial charge on any atom is -0.461 e. The molecule has 1 heterocycles. The van der Waals surface area contributed by atoms with Crippen molar-refractivity contribution in [1.82, 2.24) is 4.72 Å². The van der Waals surface area contributed by atoms with E-state index in [1.54, 1.807) is 31.2 Å². The summed E-state index contributed by atoms with van der Waals surface area (Å²) in [7, 11) is -3.57. The average Bonchev–Trinajstić information content (AvgIpc) is 2.33. The van der Waals surface area contributed by atoms with Crippen LogP contribution < -0.4 is 4.72 Å². The van der Waals surface area contributed by atoms with Gasteiger partial charge >= 0.3 is 5.97 Å². The Morgan fingerprint density at radius 3 is 2.47 bits per heavy atom. The van der Waals surface area contributed by atoms with Crippen molar-refractivity contribution >= 4 is 16.0 Å². The van der Waals surface area contributed by atoms with Gasteiger partial charge in [-0.3, -0.25) is 4.79 Å². The number of benzene rings is 1. The molecule has 1 N–H and O–H groups in total. The van der Waals surface area contributed by atoms with Crippen molar-refractivity contribution in [3.63, 3.8) is 0 Å². The number of hydrogen-bond acceptors (Lipinski definition) is 4. The second-order valence-electron chi connectivity index (χ2n) is 4.77. The Labute approximate surface area is 113 Å². The molecule has 104 valence electrons. The molecule has 6 heteroatoms. The van der Waals surface area contributed by atoms with Crippen LogP contribution in [0.2, 0.25) is 0 Å². The fraction of sp³-hybridized carbons (Fsp3) is 0.462. The molecule has 1 fully saturated rings. The number of hydrogen-bond donors (Lipinski definition) is 1. The van der Waals surface area contributed by atoms with Crippen LogP contribution in [-0.2, 0) is 19.6 Å². The summed E-state index contributed by atoms with van der Waals surface area (Å²) in [4.78, 5) is 11.3. The van der Waals surface area contributed by atoms with Gasteiger partial charge in [-0.05, 0) is 32.4 Å². The molecule has 1 aliphatic rings. The third kappa shape index (κ3) is 3.33. The molecule has 19 heavy (non-hydrogen) atoms. The zero-order valence-electron chi connectivity index (χ0n) is 10.9. The molecule has 0 saturated carbocycles. The van der Waals surface area contributed by atoms with E-state index in [0.29, 0.717) is 6.42 Å². The third-order valence-electron chi connectivity index (χ3n) is 3.18. The maximum absolute atomic E-state index is 12.2. The summed E-state index contributed by atoms with van der Waals surface area (Å²) in [5.74, 6) is -0.279. The molecular formula is C13H17NO4S. The van der Waals surface area contributed by atoms with E-state index in [9.17, 15) is 13.2 Å². The first-order valence-corrected chi connectivity index (χ1v) is 7.65. The van der Waals surface area contributed by atoms with Gasteiger partial charge in [-0.1, -0.05) is 17.7 Å². The van der Waals surface area contributed by atoms with E-state index < -0.39 is 16.1 Å². The molecule has 0 aromatic heterocycles. The number of carbonyl (C=O) groups is 1. The molecule has 0 radical (unpaired) electrons. The van der Waals surface area contributed by atoms with Gasteiger partial charge in [-0.2, -0.15) is 0 Å². The fourth-order valence-corrected chi connectivity index (χ4v) is 3.33. The first-order chi connectivity index (χ1) is 8.88. The highest BCUT2D eigenvalue weighted by Gasteiger charge is 2.31. The Morgan fingerprint density at radius 2 is 1.89 bits per heavy atom. The quantitative estimate of drug-likeness (QED) is 0.850. The van der Waals surface area contributed by atoms with Crippen LogP contribution in [0.5, 0.6) is 0 Å². The molecule has 0 amide bonds. The van der Waals surface area contributed by atoms with Gasteiger partial charge in [0.2, 0.25) is 10.0 Å². The molecule has 1 aliphatic heterocycles. The van der Waals surface area contributed by atoms with Crippen LogP contribution in [0.4, 0.5) is 0 Å². The number of ether oxygens (including phenoxy) is 1. The van der Waals surface area contributed by atoms with Gasteiger partial charge in [-0.25, -0.2) is 13.1 Å². The molecule has 0 unspecified atom stereocenters. The molecule has 1 saturated heterocycles. The zero-order valence-corrected chi connectivity index (χ0v) is 11.7. The summed E-state index contributed by atoms with van der Waals surface area (Å²) >= 11 is 0. The first kappa shape index (κ1) is 14.0. The fourth-order valence-electron chi connectivity index (χ4n) is 2.00. The molecule has 2 rings (SSSR count). The molecule has 0 aliphatic carbocycles. The maximum atomic E-state index is 12.2. The largest absolute Gasteiger partial charge is 0.461 e. The number of esters is 1. The highest BCUT2D eigenvalue weighted by atomic mass is 32.2. The van der Waals surface area contributed by atoms with Gasteiger partial charge in [0.1, 0.15) is 6.10 Å². The molecule has 1 aromatic carbocycles. The molecule has 2 atom stereocenters. The number of aryl methyl sites for hydroxylation is 1. The van der Waals surface area contributed by atoms with Crippen molar-refractivity contribution in [2.75, 3.05) is 0 Å². The van der Waals surface area contributed by atoms with E-state index in [2.05, 4.69) is 4.72 Å². The van der Waals surface area contributed by atoms with Crippen molar-refractivity contribution in [1.29, 1.82) is 0 Å². The summed E-state index contributed by atoms with van der Waals surface area (Å²) in [6, 6.07) is 6.26. The van der Waals surface area contributed by atoms with Crippen molar-refractivity contribution in [2.45, 2.75) is 43.7 Å². The minimum absolute atomic E-state index is 0.224. The first-order valence-electron chi connectivity index (χ1n) is 6.17. The third-order valence-corrected chi connectivity index (χ3v) is 4.69. The normalized spacial score (nSPS) is 24.0. The number of rotatable bonds is 3. The van der Waals surface area contributed by atoms with E-state index >= 15 is 0 Å². The number of cyclic esters (lactones) is 1. The SMILES string of the molecule is Cc1ccc(S(=O)(=O)N[C@@H]2CCC(=O)O[C@@H]2C)cc1. The zero-order chi connectivity index (χ0) is 14.0. The van der Waals surface area contributed by atoms with Crippen LogP contribution in [0, 0.1) is 6.92 Å². The van der Waals surface area contributed by atoms with Crippen LogP contribution in [0.15, 0.2) is 29.2 Å². The molecule has 0 bridgehead atoms. The van der Waals surface area contributed by atoms with Gasteiger partial charge < -0.3 is 4.74 Å². The van der Waals surface area contributed by atoms with Gasteiger partial charge in [-0.15, -0.1) is 0 Å². The summed E-state index contributed by atoms with van der Waals surface area (Å²) in [5.41, 5.74) is 0.999. The lowest BCUT2D eigenvalue weighted by Gasteiger charge is -2.28. The smallest absolute Gasteiger partial charge is 0.306 e. The van der Waals surface area contributed by atoms with Crippen LogP contribution >= 0.6 is 0 Å². The number of sulfonamides is 1. The van der Waals surface area contributed by atoms with Gasteiger partial charge in [0.05, 0.1) is 10.9 Å². The van der Waals surface area contributed by atoms with Crippen LogP contribution in [0.3, 0.4) is 0 Å². The lowest BCUT2D eigenvalue weighted by atomic mass is 10.1. The lowest BCUT2D eigenvalue weighted by Crippen LogP contribution is -2.46. The second kappa shape index (κ2) is 5.30. The van der Waals surface area contributed by atoms with E-state index in [4.69, 9.17) is 4.74 Å². The molecular weight excluding hydrogens is 266 g/mol. The van der Waals surface area contributed by atoms with Gasteiger partial charge in [0.25, 0.3) is 0 Å². The highest BCUT2D eigenvalue weighted by molar-refractivity contribution is 7.89. The summed E-state index contributed by atoms with van der Waals surface area (Å²) in [6.07, 6.45) is 0.262. The van der Waals surface area contributed by atoms with E-state index in [1.165, 1.54) is 0 Å². The summed E-state index contributed by atoms with van der Waals surface area (Å²) < 4.78 is 32.0.